The van der Waals surface area contributed by atoms with Gasteiger partial charge in [-0.25, -0.2) is 15.0 Å². The van der Waals surface area contributed by atoms with E-state index in [2.05, 4.69) is 212 Å². The lowest BCUT2D eigenvalue weighted by Gasteiger charge is -2.30. The second kappa shape index (κ2) is 14.6. The first kappa shape index (κ1) is 38.3. The van der Waals surface area contributed by atoms with Gasteiger partial charge in [-0.15, -0.1) is 11.3 Å². The van der Waals surface area contributed by atoms with Crippen LogP contribution in [0.5, 0.6) is 0 Å². The molecule has 13 aromatic rings. The van der Waals surface area contributed by atoms with Crippen LogP contribution in [0.1, 0.15) is 22.3 Å². The van der Waals surface area contributed by atoms with Crippen molar-refractivity contribution in [3.63, 3.8) is 0 Å². The van der Waals surface area contributed by atoms with Gasteiger partial charge in [0.25, 0.3) is 0 Å². The lowest BCUT2D eigenvalue weighted by atomic mass is 9.70. The van der Waals surface area contributed by atoms with Crippen LogP contribution in [0.3, 0.4) is 0 Å². The fraction of sp³-hybridized carbons (Fsp3) is 0.0156. The van der Waals surface area contributed by atoms with Gasteiger partial charge in [-0.2, -0.15) is 0 Å². The summed E-state index contributed by atoms with van der Waals surface area (Å²) >= 11 is 1.79. The van der Waals surface area contributed by atoms with Crippen LogP contribution in [0.15, 0.2) is 229 Å². The van der Waals surface area contributed by atoms with E-state index in [1.165, 1.54) is 64.9 Å². The van der Waals surface area contributed by atoms with E-state index < -0.39 is 5.41 Å². The molecule has 2 aliphatic rings. The topological polar surface area (TPSA) is 51.8 Å². The van der Waals surface area contributed by atoms with Gasteiger partial charge >= 0.3 is 0 Å². The Kier molecular flexibility index (Phi) is 8.12. The predicted octanol–water partition coefficient (Wildman–Crippen LogP) is 16.8. The molecule has 0 amide bonds. The number of benzene rings is 10. The Hall–Kier alpha value is -8.77. The molecule has 69 heavy (non-hydrogen) atoms. The van der Waals surface area contributed by atoms with Gasteiger partial charge in [-0.1, -0.05) is 194 Å². The first-order valence-corrected chi connectivity index (χ1v) is 24.2. The van der Waals surface area contributed by atoms with E-state index in [9.17, 15) is 0 Å². The van der Waals surface area contributed by atoms with Gasteiger partial charge in [0.15, 0.2) is 17.5 Å². The summed E-state index contributed by atoms with van der Waals surface area (Å²) in [6.07, 6.45) is 0. The number of nitrogens with zero attached hydrogens (tertiary/aromatic N) is 3. The van der Waals surface area contributed by atoms with Crippen LogP contribution >= 0.6 is 11.3 Å². The van der Waals surface area contributed by atoms with Gasteiger partial charge in [0.05, 0.1) is 5.41 Å². The monoisotopic (exact) mass is 895 g/mol. The maximum absolute atomic E-state index is 6.72. The summed E-state index contributed by atoms with van der Waals surface area (Å²) < 4.78 is 9.15. The Morgan fingerprint density at radius 1 is 0.319 bits per heavy atom. The SMILES string of the molecule is c1ccc(-c2ccc(-c3nc(-c4cccc5oc6ccc(-c7cccc8c7-c7ccccc7C87c8ccccc8-c8ccccc87)cc6c45)nc(-c4cccc5sc6ccccc6c45)n3)cc2)cc1. The summed E-state index contributed by atoms with van der Waals surface area (Å²) in [4.78, 5) is 16.0. The molecule has 0 aliphatic heterocycles. The molecule has 0 atom stereocenters. The number of thiophene rings is 1. The summed E-state index contributed by atoms with van der Waals surface area (Å²) in [6, 6.07) is 80.8. The predicted molar refractivity (Wildman–Crippen MR) is 283 cm³/mol. The average molecular weight is 896 g/mol. The van der Waals surface area contributed by atoms with Crippen molar-refractivity contribution in [1.29, 1.82) is 0 Å². The van der Waals surface area contributed by atoms with Crippen LogP contribution in [-0.2, 0) is 5.41 Å². The zero-order valence-corrected chi connectivity index (χ0v) is 37.8. The van der Waals surface area contributed by atoms with E-state index in [0.29, 0.717) is 17.5 Å². The Bertz CT molecular complexity index is 4220. The van der Waals surface area contributed by atoms with E-state index in [-0.39, 0.29) is 0 Å². The van der Waals surface area contributed by atoms with Gasteiger partial charge in [-0.3, -0.25) is 0 Å². The zero-order valence-electron chi connectivity index (χ0n) is 37.0. The summed E-state index contributed by atoms with van der Waals surface area (Å²) in [5.74, 6) is 1.83. The third-order valence-electron chi connectivity index (χ3n) is 14.6. The number of aromatic nitrogens is 3. The molecule has 15 rings (SSSR count). The first-order valence-electron chi connectivity index (χ1n) is 23.4. The van der Waals surface area contributed by atoms with Crippen LogP contribution in [0.25, 0.3) is 121 Å². The second-order valence-corrected chi connectivity index (χ2v) is 19.2. The number of rotatable bonds is 5. The first-order chi connectivity index (χ1) is 34.2. The molecule has 0 N–H and O–H groups in total. The molecule has 0 bridgehead atoms. The summed E-state index contributed by atoms with van der Waals surface area (Å²) in [5, 5.41) is 4.33. The quantitative estimate of drug-likeness (QED) is 0.173. The number of hydrogen-bond acceptors (Lipinski definition) is 5. The molecule has 3 aromatic heterocycles. The Balaban J connectivity index is 0.941. The summed E-state index contributed by atoms with van der Waals surface area (Å²) in [5.41, 5.74) is 19.0. The fourth-order valence-corrected chi connectivity index (χ4v) is 12.8. The summed E-state index contributed by atoms with van der Waals surface area (Å²) in [7, 11) is 0. The molecular formula is C64H37N3OS. The van der Waals surface area contributed by atoms with Crippen molar-refractivity contribution in [1.82, 2.24) is 15.0 Å². The molecular weight excluding hydrogens is 859 g/mol. The third-order valence-corrected chi connectivity index (χ3v) is 15.7. The largest absolute Gasteiger partial charge is 0.456 e. The van der Waals surface area contributed by atoms with Crippen LogP contribution in [0, 0.1) is 0 Å². The van der Waals surface area contributed by atoms with Gasteiger partial charge in [-0.05, 0) is 97.1 Å². The Labute approximate surface area is 401 Å². The van der Waals surface area contributed by atoms with Gasteiger partial charge in [0, 0.05) is 47.6 Å². The maximum Gasteiger partial charge on any atom is 0.164 e. The van der Waals surface area contributed by atoms with Crippen LogP contribution in [0.2, 0.25) is 0 Å². The molecule has 0 saturated heterocycles. The van der Waals surface area contributed by atoms with Crippen molar-refractivity contribution >= 4 is 53.4 Å². The van der Waals surface area contributed by atoms with E-state index in [0.717, 1.165) is 60.7 Å². The van der Waals surface area contributed by atoms with Crippen molar-refractivity contribution in [2.24, 2.45) is 0 Å². The van der Waals surface area contributed by atoms with E-state index in [4.69, 9.17) is 19.4 Å². The average Bonchev–Trinajstić information content (AvgIpc) is 4.16. The third kappa shape index (κ3) is 5.48. The number of furan rings is 1. The highest BCUT2D eigenvalue weighted by atomic mass is 32.1. The van der Waals surface area contributed by atoms with Crippen molar-refractivity contribution < 1.29 is 4.42 Å². The highest BCUT2D eigenvalue weighted by molar-refractivity contribution is 7.25. The number of hydrogen-bond donors (Lipinski definition) is 0. The molecule has 2 aliphatic carbocycles. The fourth-order valence-electron chi connectivity index (χ4n) is 11.7. The Morgan fingerprint density at radius 2 is 0.841 bits per heavy atom. The number of fused-ring (bicyclic) bond motifs is 16. The molecule has 3 heterocycles. The minimum Gasteiger partial charge on any atom is -0.456 e. The minimum absolute atomic E-state index is 0.426. The second-order valence-electron chi connectivity index (χ2n) is 18.1. The smallest absolute Gasteiger partial charge is 0.164 e. The maximum atomic E-state index is 6.72. The lowest BCUT2D eigenvalue weighted by molar-refractivity contribution is 0.669. The van der Waals surface area contributed by atoms with Crippen LogP contribution in [0.4, 0.5) is 0 Å². The van der Waals surface area contributed by atoms with E-state index in [1.54, 1.807) is 11.3 Å². The van der Waals surface area contributed by atoms with Crippen LogP contribution < -0.4 is 0 Å². The molecule has 0 saturated carbocycles. The van der Waals surface area contributed by atoms with Crippen LogP contribution in [-0.4, -0.2) is 15.0 Å². The highest BCUT2D eigenvalue weighted by Gasteiger charge is 2.52. The summed E-state index contributed by atoms with van der Waals surface area (Å²) in [6.45, 7) is 0. The van der Waals surface area contributed by atoms with Crippen molar-refractivity contribution in [2.75, 3.05) is 0 Å². The normalized spacial score (nSPS) is 13.0. The highest BCUT2D eigenvalue weighted by Crippen LogP contribution is 2.64. The van der Waals surface area contributed by atoms with Crippen molar-refractivity contribution in [3.8, 4) is 78.7 Å². The Morgan fingerprint density at radius 3 is 1.61 bits per heavy atom. The molecule has 0 fully saturated rings. The standard InChI is InChI=1S/C64H37N3OS/c1-2-15-38(16-3-1)39-31-33-40(34-32-39)61-65-62(67-63(66-61)48-23-14-30-57-60(48)46-20-7-11-29-56(46)69-57)47-22-13-28-55-59(47)49-37-41(35-36-54(49)68-55)42-21-12-27-53-58(42)45-19-6-10-26-52(45)64(53)50-24-8-4-17-43(50)44-18-5-9-25-51(44)64/h1-37H. The molecule has 4 nitrogen and oxygen atoms in total. The van der Waals surface area contributed by atoms with E-state index in [1.807, 2.05) is 12.1 Å². The molecule has 320 valence electrons. The van der Waals surface area contributed by atoms with Crippen molar-refractivity contribution in [3.05, 3.63) is 247 Å². The molecule has 0 radical (unpaired) electrons. The lowest BCUT2D eigenvalue weighted by Crippen LogP contribution is -2.25. The van der Waals surface area contributed by atoms with E-state index >= 15 is 0 Å². The zero-order chi connectivity index (χ0) is 45.2. The minimum atomic E-state index is -0.426. The molecule has 10 aromatic carbocycles. The van der Waals surface area contributed by atoms with Gasteiger partial charge in [0.1, 0.15) is 11.2 Å². The van der Waals surface area contributed by atoms with Gasteiger partial charge < -0.3 is 4.42 Å². The molecule has 5 heteroatoms. The molecule has 1 spiro atoms. The van der Waals surface area contributed by atoms with Crippen molar-refractivity contribution in [2.45, 2.75) is 5.41 Å². The van der Waals surface area contributed by atoms with Gasteiger partial charge in [0.2, 0.25) is 0 Å². The molecule has 0 unspecified atom stereocenters.